The van der Waals surface area contributed by atoms with Crippen LogP contribution in [0.25, 0.3) is 0 Å². The van der Waals surface area contributed by atoms with Gasteiger partial charge in [0.05, 0.1) is 7.05 Å². The Labute approximate surface area is 156 Å². The van der Waals surface area contributed by atoms with Crippen molar-refractivity contribution in [1.29, 1.82) is 0 Å². The molecule has 1 aromatic carbocycles. The fraction of sp³-hybridized carbons (Fsp3) is 0.524. The first kappa shape index (κ1) is 20.2. The minimum absolute atomic E-state index is 0.0851. The van der Waals surface area contributed by atoms with Gasteiger partial charge in [-0.3, -0.25) is 9.59 Å². The van der Waals surface area contributed by atoms with Crippen molar-refractivity contribution >= 4 is 11.8 Å². The molecule has 3 N–H and O–H groups in total. The smallest absolute Gasteiger partial charge is 0.278 e. The summed E-state index contributed by atoms with van der Waals surface area (Å²) in [6, 6.07) is 7.44. The highest BCUT2D eigenvalue weighted by Gasteiger charge is 2.21. The molecule has 0 aliphatic heterocycles. The monoisotopic (exact) mass is 358 g/mol. The molecule has 0 fully saturated rings. The summed E-state index contributed by atoms with van der Waals surface area (Å²) in [5.41, 5.74) is 3.25. The molecule has 2 rings (SSSR count). The molecule has 2 atom stereocenters. The van der Waals surface area contributed by atoms with Gasteiger partial charge in [-0.2, -0.15) is 0 Å². The minimum atomic E-state index is -0.117. The number of benzene rings is 1. The van der Waals surface area contributed by atoms with Crippen LogP contribution < -0.4 is 15.5 Å². The highest BCUT2D eigenvalue weighted by Crippen LogP contribution is 2.19. The summed E-state index contributed by atoms with van der Waals surface area (Å²) in [6.45, 7) is 3.43. The molecule has 5 nitrogen and oxygen atoms in total. The maximum atomic E-state index is 12.4. The summed E-state index contributed by atoms with van der Waals surface area (Å²) in [6.07, 6.45) is 8.25. The second kappa shape index (κ2) is 10.1. The maximum absolute atomic E-state index is 12.4. The van der Waals surface area contributed by atoms with E-state index in [0.717, 1.165) is 30.0 Å². The quantitative estimate of drug-likeness (QED) is 0.616. The average molecular weight is 359 g/mol. The lowest BCUT2D eigenvalue weighted by atomic mass is 9.97. The number of carbonyl (C=O) groups excluding carboxylic acids is 2. The van der Waals surface area contributed by atoms with Crippen molar-refractivity contribution in [3.05, 3.63) is 47.0 Å². The second-order valence-electron chi connectivity index (χ2n) is 7.17. The normalized spacial score (nSPS) is 16.3. The summed E-state index contributed by atoms with van der Waals surface area (Å²) in [5.74, 6) is 0.0129. The molecule has 1 aliphatic rings. The Kier molecular flexibility index (Phi) is 7.85. The Morgan fingerprint density at radius 3 is 2.54 bits per heavy atom. The second-order valence-corrected chi connectivity index (χ2v) is 7.17. The SMILES string of the molecule is CNC(=O)c1ccc(C[NH+](C)[C@H](C)C(=O)NCCC2=CCCCC2)cc1. The zero-order chi connectivity index (χ0) is 18.9. The van der Waals surface area contributed by atoms with Gasteiger partial charge in [-0.25, -0.2) is 0 Å². The summed E-state index contributed by atoms with van der Waals surface area (Å²) < 4.78 is 0. The lowest BCUT2D eigenvalue weighted by Crippen LogP contribution is -3.12. The molecule has 0 bridgehead atoms. The molecule has 1 unspecified atom stereocenters. The van der Waals surface area contributed by atoms with E-state index in [1.54, 1.807) is 7.05 Å². The number of allylic oxidation sites excluding steroid dienone is 1. The molecule has 0 spiro atoms. The molecule has 1 aliphatic carbocycles. The van der Waals surface area contributed by atoms with Gasteiger partial charge in [-0.15, -0.1) is 0 Å². The van der Waals surface area contributed by atoms with Crippen molar-refractivity contribution in [2.45, 2.75) is 51.6 Å². The summed E-state index contributed by atoms with van der Waals surface area (Å²) >= 11 is 0. The van der Waals surface area contributed by atoms with Gasteiger partial charge < -0.3 is 15.5 Å². The summed E-state index contributed by atoms with van der Waals surface area (Å²) in [7, 11) is 3.65. The summed E-state index contributed by atoms with van der Waals surface area (Å²) in [4.78, 5) is 25.1. The predicted molar refractivity (Wildman–Crippen MR) is 104 cm³/mol. The zero-order valence-corrected chi connectivity index (χ0v) is 16.2. The third kappa shape index (κ3) is 5.99. The van der Waals surface area contributed by atoms with Gasteiger partial charge in [0.2, 0.25) is 0 Å². The van der Waals surface area contributed by atoms with Crippen molar-refractivity contribution in [2.75, 3.05) is 20.6 Å². The number of quaternary nitrogens is 1. The van der Waals surface area contributed by atoms with E-state index in [-0.39, 0.29) is 17.9 Å². The zero-order valence-electron chi connectivity index (χ0n) is 16.2. The van der Waals surface area contributed by atoms with Gasteiger partial charge >= 0.3 is 0 Å². The Balaban J connectivity index is 1.78. The number of hydrogen-bond acceptors (Lipinski definition) is 2. The molecule has 0 radical (unpaired) electrons. The third-order valence-electron chi connectivity index (χ3n) is 5.19. The van der Waals surface area contributed by atoms with Crippen LogP contribution in [0.15, 0.2) is 35.9 Å². The molecule has 0 heterocycles. The first-order valence-electron chi connectivity index (χ1n) is 9.60. The van der Waals surface area contributed by atoms with E-state index in [1.807, 2.05) is 38.2 Å². The van der Waals surface area contributed by atoms with Crippen LogP contribution in [0.2, 0.25) is 0 Å². The van der Waals surface area contributed by atoms with Crippen LogP contribution in [0.3, 0.4) is 0 Å². The van der Waals surface area contributed by atoms with Crippen LogP contribution in [-0.4, -0.2) is 38.5 Å². The first-order valence-corrected chi connectivity index (χ1v) is 9.60. The molecule has 26 heavy (non-hydrogen) atoms. The van der Waals surface area contributed by atoms with Crippen LogP contribution in [0.1, 0.15) is 54.9 Å². The number of rotatable bonds is 8. The molecule has 142 valence electrons. The molecule has 0 saturated carbocycles. The van der Waals surface area contributed by atoms with E-state index in [0.29, 0.717) is 5.56 Å². The largest absolute Gasteiger partial charge is 0.355 e. The van der Waals surface area contributed by atoms with Gasteiger partial charge in [0.15, 0.2) is 6.04 Å². The fourth-order valence-corrected chi connectivity index (χ4v) is 3.25. The maximum Gasteiger partial charge on any atom is 0.278 e. The van der Waals surface area contributed by atoms with Gasteiger partial charge in [-0.1, -0.05) is 23.8 Å². The third-order valence-corrected chi connectivity index (χ3v) is 5.19. The van der Waals surface area contributed by atoms with Crippen LogP contribution in [0.4, 0.5) is 0 Å². The van der Waals surface area contributed by atoms with Crippen molar-refractivity contribution < 1.29 is 14.5 Å². The van der Waals surface area contributed by atoms with Crippen molar-refractivity contribution in [3.63, 3.8) is 0 Å². The molecular weight excluding hydrogens is 326 g/mol. The standard InChI is InChI=1S/C21H31N3O2/c1-16(20(25)23-14-13-17-7-5-4-6-8-17)24(3)15-18-9-11-19(12-10-18)21(26)22-2/h7,9-12,16H,4-6,8,13-15H2,1-3H3,(H,22,26)(H,23,25)/p+1/t16-/m1/s1. The van der Waals surface area contributed by atoms with Gasteiger partial charge in [0.1, 0.15) is 6.54 Å². The number of amides is 2. The van der Waals surface area contributed by atoms with Crippen LogP contribution in [0, 0.1) is 0 Å². The Hall–Kier alpha value is -2.14. The number of carbonyl (C=O) groups is 2. The Morgan fingerprint density at radius 1 is 1.19 bits per heavy atom. The van der Waals surface area contributed by atoms with Crippen molar-refractivity contribution in [1.82, 2.24) is 10.6 Å². The van der Waals surface area contributed by atoms with Crippen molar-refractivity contribution in [3.8, 4) is 0 Å². The number of likely N-dealkylation sites (N-methyl/N-ethyl adjacent to an activating group) is 1. The molecule has 2 amide bonds. The minimum Gasteiger partial charge on any atom is -0.355 e. The van der Waals surface area contributed by atoms with Crippen LogP contribution >= 0.6 is 0 Å². The van der Waals surface area contributed by atoms with Gasteiger partial charge in [0.25, 0.3) is 11.8 Å². The molecule has 5 heteroatoms. The number of hydrogen-bond donors (Lipinski definition) is 3. The molecule has 0 saturated heterocycles. The number of nitrogens with one attached hydrogen (secondary N) is 3. The highest BCUT2D eigenvalue weighted by molar-refractivity contribution is 5.93. The first-order chi connectivity index (χ1) is 12.5. The fourth-order valence-electron chi connectivity index (χ4n) is 3.25. The van der Waals surface area contributed by atoms with E-state index in [1.165, 1.54) is 31.3 Å². The molecule has 1 aromatic rings. The topological polar surface area (TPSA) is 62.6 Å². The van der Waals surface area contributed by atoms with Crippen LogP contribution in [-0.2, 0) is 11.3 Å². The lowest BCUT2D eigenvalue weighted by Gasteiger charge is -2.21. The lowest BCUT2D eigenvalue weighted by molar-refractivity contribution is -0.908. The van der Waals surface area contributed by atoms with Crippen molar-refractivity contribution in [2.24, 2.45) is 0 Å². The highest BCUT2D eigenvalue weighted by atomic mass is 16.2. The van der Waals surface area contributed by atoms with E-state index >= 15 is 0 Å². The molecular formula is C21H32N3O2+. The summed E-state index contributed by atoms with van der Waals surface area (Å²) in [5, 5.41) is 5.69. The van der Waals surface area contributed by atoms with Crippen LogP contribution in [0.5, 0.6) is 0 Å². The van der Waals surface area contributed by atoms with E-state index < -0.39 is 0 Å². The van der Waals surface area contributed by atoms with Gasteiger partial charge in [-0.05, 0) is 51.2 Å². The van der Waals surface area contributed by atoms with E-state index in [4.69, 9.17) is 0 Å². The predicted octanol–water partition coefficient (Wildman–Crippen LogP) is 1.46. The van der Waals surface area contributed by atoms with E-state index in [2.05, 4.69) is 16.7 Å². The van der Waals surface area contributed by atoms with Gasteiger partial charge in [0, 0.05) is 24.7 Å². The Bertz CT molecular complexity index is 637. The van der Waals surface area contributed by atoms with E-state index in [9.17, 15) is 9.59 Å². The average Bonchev–Trinajstić information content (AvgIpc) is 2.68. The molecule has 0 aromatic heterocycles. The Morgan fingerprint density at radius 2 is 1.92 bits per heavy atom.